The van der Waals surface area contributed by atoms with Gasteiger partial charge in [-0.25, -0.2) is 4.79 Å². The van der Waals surface area contributed by atoms with Crippen LogP contribution in [-0.2, 0) is 28.7 Å². The van der Waals surface area contributed by atoms with E-state index in [0.717, 1.165) is 19.3 Å². The summed E-state index contributed by atoms with van der Waals surface area (Å²) in [5.41, 5.74) is 2.01. The van der Waals surface area contributed by atoms with Crippen molar-refractivity contribution in [2.75, 3.05) is 35.3 Å². The van der Waals surface area contributed by atoms with E-state index in [1.165, 1.54) is 11.8 Å². The maximum absolute atomic E-state index is 12.5. The average Bonchev–Trinajstić information content (AvgIpc) is 3.27. The summed E-state index contributed by atoms with van der Waals surface area (Å²) in [5.74, 6) is -2.75. The number of unbranched alkanes of at least 4 members (excludes halogenated alkanes) is 2. The molecule has 2 aromatic carbocycles. The van der Waals surface area contributed by atoms with Gasteiger partial charge in [0.1, 0.15) is 0 Å². The molecule has 2 N–H and O–H groups in total. The molecule has 2 aromatic rings. The molecule has 0 bridgehead atoms. The Morgan fingerprint density at radius 2 is 1.57 bits per heavy atom. The lowest BCUT2D eigenvalue weighted by atomic mass is 10.1. The molecule has 10 nitrogen and oxygen atoms in total. The minimum Gasteiger partial charge on any atom is -0.462 e. The van der Waals surface area contributed by atoms with Crippen molar-refractivity contribution < 1.29 is 33.4 Å². The molecule has 196 valence electrons. The summed E-state index contributed by atoms with van der Waals surface area (Å²) in [5, 5.41) is 5.22. The summed E-state index contributed by atoms with van der Waals surface area (Å²) in [7, 11) is 0. The molecule has 3 rings (SSSR count). The number of esters is 2. The van der Waals surface area contributed by atoms with E-state index < -0.39 is 30.4 Å². The molecule has 1 saturated heterocycles. The number of anilines is 3. The van der Waals surface area contributed by atoms with Gasteiger partial charge in [0.05, 0.1) is 18.1 Å². The lowest BCUT2D eigenvalue weighted by Gasteiger charge is -2.17. The van der Waals surface area contributed by atoms with Gasteiger partial charge in [0.25, 0.3) is 5.91 Å². The highest BCUT2D eigenvalue weighted by Crippen LogP contribution is 2.26. The van der Waals surface area contributed by atoms with Crippen molar-refractivity contribution in [3.8, 4) is 0 Å². The minimum atomic E-state index is -0.708. The van der Waals surface area contributed by atoms with E-state index in [1.54, 1.807) is 48.5 Å². The number of hydrogen-bond donors (Lipinski definition) is 2. The second kappa shape index (κ2) is 13.2. The predicted octanol–water partition coefficient (Wildman–Crippen LogP) is 3.53. The Morgan fingerprint density at radius 1 is 0.919 bits per heavy atom. The molecule has 0 aromatic heterocycles. The van der Waals surface area contributed by atoms with Gasteiger partial charge in [0.2, 0.25) is 11.8 Å². The topological polar surface area (TPSA) is 131 Å². The molecule has 0 spiro atoms. The van der Waals surface area contributed by atoms with Gasteiger partial charge in [0.15, 0.2) is 6.61 Å². The molecule has 1 atom stereocenters. The van der Waals surface area contributed by atoms with Crippen LogP contribution in [0, 0.1) is 5.92 Å². The van der Waals surface area contributed by atoms with Crippen molar-refractivity contribution in [1.82, 2.24) is 0 Å². The number of rotatable bonds is 11. The highest BCUT2D eigenvalue weighted by molar-refractivity contribution is 6.00. The van der Waals surface area contributed by atoms with Gasteiger partial charge in [-0.3, -0.25) is 19.2 Å². The summed E-state index contributed by atoms with van der Waals surface area (Å²) in [6, 6.07) is 12.9. The number of ether oxygens (including phenoxy) is 2. The summed E-state index contributed by atoms with van der Waals surface area (Å²) in [4.78, 5) is 61.8. The van der Waals surface area contributed by atoms with Crippen molar-refractivity contribution in [3.05, 3.63) is 54.1 Å². The number of carbonyl (C=O) groups excluding carboxylic acids is 5. The van der Waals surface area contributed by atoms with E-state index in [0.29, 0.717) is 29.2 Å². The second-order valence-corrected chi connectivity index (χ2v) is 8.71. The third-order valence-corrected chi connectivity index (χ3v) is 5.69. The van der Waals surface area contributed by atoms with Crippen molar-refractivity contribution in [3.63, 3.8) is 0 Å². The first-order valence-electron chi connectivity index (χ1n) is 12.2. The smallest absolute Gasteiger partial charge is 0.338 e. The summed E-state index contributed by atoms with van der Waals surface area (Å²) < 4.78 is 10.4. The molecule has 0 saturated carbocycles. The number of carbonyl (C=O) groups is 5. The Labute approximate surface area is 215 Å². The van der Waals surface area contributed by atoms with Crippen LogP contribution in [0.2, 0.25) is 0 Å². The first-order valence-corrected chi connectivity index (χ1v) is 12.2. The summed E-state index contributed by atoms with van der Waals surface area (Å²) >= 11 is 0. The molecule has 10 heteroatoms. The number of benzene rings is 2. The van der Waals surface area contributed by atoms with Gasteiger partial charge in [-0.05, 0) is 55.0 Å². The number of nitrogens with zero attached hydrogens (tertiary/aromatic N) is 1. The van der Waals surface area contributed by atoms with Crippen LogP contribution in [-0.4, -0.2) is 49.4 Å². The Kier molecular flexibility index (Phi) is 9.76. The molecule has 1 aliphatic rings. The van der Waals surface area contributed by atoms with Crippen molar-refractivity contribution in [1.29, 1.82) is 0 Å². The third-order valence-electron chi connectivity index (χ3n) is 5.69. The maximum Gasteiger partial charge on any atom is 0.338 e. The van der Waals surface area contributed by atoms with E-state index in [4.69, 9.17) is 9.47 Å². The van der Waals surface area contributed by atoms with Crippen LogP contribution < -0.4 is 15.5 Å². The van der Waals surface area contributed by atoms with Crippen LogP contribution in [0.25, 0.3) is 0 Å². The van der Waals surface area contributed by atoms with Gasteiger partial charge < -0.3 is 25.0 Å². The van der Waals surface area contributed by atoms with E-state index in [9.17, 15) is 24.0 Å². The molecular weight excluding hydrogens is 478 g/mol. The predicted molar refractivity (Wildman–Crippen MR) is 137 cm³/mol. The van der Waals surface area contributed by atoms with Crippen LogP contribution in [0.5, 0.6) is 0 Å². The maximum atomic E-state index is 12.5. The van der Waals surface area contributed by atoms with Crippen molar-refractivity contribution in [2.45, 2.75) is 39.5 Å². The first kappa shape index (κ1) is 27.4. The van der Waals surface area contributed by atoms with Crippen LogP contribution in [0.4, 0.5) is 17.1 Å². The lowest BCUT2D eigenvalue weighted by molar-refractivity contribution is -0.151. The number of nitrogens with one attached hydrogen (secondary N) is 2. The summed E-state index contributed by atoms with van der Waals surface area (Å²) in [6.07, 6.45) is 2.81. The molecule has 37 heavy (non-hydrogen) atoms. The Bertz CT molecular complexity index is 1130. The average molecular weight is 510 g/mol. The quantitative estimate of drug-likeness (QED) is 0.350. The summed E-state index contributed by atoms with van der Waals surface area (Å²) in [6.45, 7) is 3.45. The number of hydrogen-bond acceptors (Lipinski definition) is 7. The van der Waals surface area contributed by atoms with Crippen LogP contribution in [0.15, 0.2) is 48.5 Å². The molecule has 0 aliphatic carbocycles. The largest absolute Gasteiger partial charge is 0.462 e. The van der Waals surface area contributed by atoms with Gasteiger partial charge in [0, 0.05) is 37.0 Å². The monoisotopic (exact) mass is 509 g/mol. The number of amides is 3. The van der Waals surface area contributed by atoms with E-state index >= 15 is 0 Å². The van der Waals surface area contributed by atoms with Crippen LogP contribution in [0.1, 0.15) is 49.9 Å². The fourth-order valence-electron chi connectivity index (χ4n) is 3.78. The molecule has 3 amide bonds. The highest BCUT2D eigenvalue weighted by atomic mass is 16.5. The Hall–Kier alpha value is -4.21. The standard InChI is InChI=1S/C27H31N3O7/c1-3-4-5-14-36-26(34)19-6-12-23(13-7-19)30-16-20(15-25(30)33)27(35)37-17-24(32)29-22-10-8-21(9-11-22)28-18(2)31/h6-13,20H,3-5,14-17H2,1-2H3,(H,28,31)(H,29,32)/t20-/m0/s1. The van der Waals surface area contributed by atoms with E-state index in [-0.39, 0.29) is 24.8 Å². The fourth-order valence-corrected chi connectivity index (χ4v) is 3.78. The Balaban J connectivity index is 1.46. The zero-order valence-electron chi connectivity index (χ0n) is 21.0. The van der Waals surface area contributed by atoms with Gasteiger partial charge >= 0.3 is 11.9 Å². The first-order chi connectivity index (χ1) is 17.8. The van der Waals surface area contributed by atoms with Crippen molar-refractivity contribution in [2.24, 2.45) is 5.92 Å². The molecular formula is C27H31N3O7. The third kappa shape index (κ3) is 8.16. The molecule has 1 heterocycles. The van der Waals surface area contributed by atoms with Gasteiger partial charge in [-0.15, -0.1) is 0 Å². The molecule has 0 radical (unpaired) electrons. The second-order valence-electron chi connectivity index (χ2n) is 8.71. The zero-order valence-corrected chi connectivity index (χ0v) is 21.0. The van der Waals surface area contributed by atoms with Crippen LogP contribution in [0.3, 0.4) is 0 Å². The van der Waals surface area contributed by atoms with Gasteiger partial charge in [-0.2, -0.15) is 0 Å². The zero-order chi connectivity index (χ0) is 26.8. The van der Waals surface area contributed by atoms with E-state index in [2.05, 4.69) is 17.6 Å². The fraction of sp³-hybridized carbons (Fsp3) is 0.370. The lowest BCUT2D eigenvalue weighted by Crippen LogP contribution is -2.28. The molecule has 1 aliphatic heterocycles. The normalized spacial score (nSPS) is 14.7. The highest BCUT2D eigenvalue weighted by Gasteiger charge is 2.36. The molecule has 0 unspecified atom stereocenters. The Morgan fingerprint density at radius 3 is 2.19 bits per heavy atom. The molecule has 1 fully saturated rings. The van der Waals surface area contributed by atoms with Crippen LogP contribution >= 0.6 is 0 Å². The van der Waals surface area contributed by atoms with Crippen molar-refractivity contribution >= 4 is 46.7 Å². The SMILES string of the molecule is CCCCCOC(=O)c1ccc(N2C[C@@H](C(=O)OCC(=O)Nc3ccc(NC(C)=O)cc3)CC2=O)cc1. The van der Waals surface area contributed by atoms with Gasteiger partial charge in [-0.1, -0.05) is 19.8 Å². The van der Waals surface area contributed by atoms with E-state index in [1.807, 2.05) is 0 Å². The minimum absolute atomic E-state index is 0.0354.